The van der Waals surface area contributed by atoms with E-state index in [-0.39, 0.29) is 0 Å². The van der Waals surface area contributed by atoms with Crippen LogP contribution in [0.1, 0.15) is 11.5 Å². The molecule has 0 radical (unpaired) electrons. The Morgan fingerprint density at radius 3 is 2.71 bits per heavy atom. The lowest BCUT2D eigenvalue weighted by atomic mass is 10.3. The minimum Gasteiger partial charge on any atom is -0.314 e. The van der Waals surface area contributed by atoms with Gasteiger partial charge in [-0.25, -0.2) is 15.0 Å². The van der Waals surface area contributed by atoms with Crippen LogP contribution in [-0.2, 0) is 0 Å². The Bertz CT molecular complexity index is 559. The van der Waals surface area contributed by atoms with E-state index >= 15 is 0 Å². The van der Waals surface area contributed by atoms with Crippen LogP contribution in [0.2, 0.25) is 0 Å². The largest absolute Gasteiger partial charge is 0.314 e. The van der Waals surface area contributed by atoms with Gasteiger partial charge in [-0.3, -0.25) is 0 Å². The molecule has 0 atom stereocenters. The molecule has 2 heterocycles. The highest BCUT2D eigenvalue weighted by Gasteiger charge is 2.08. The molecule has 0 N–H and O–H groups in total. The second kappa shape index (κ2) is 4.58. The Morgan fingerprint density at radius 1 is 1.24 bits per heavy atom. The van der Waals surface area contributed by atoms with Crippen LogP contribution in [0.3, 0.4) is 0 Å². The first-order chi connectivity index (χ1) is 8.20. The number of aromatic nitrogens is 3. The molecular formula is C12H11N5. The summed E-state index contributed by atoms with van der Waals surface area (Å²) in [5.74, 6) is 2.00. The average Bonchev–Trinajstić information content (AvgIpc) is 2.38. The number of hydrogen-bond donors (Lipinski definition) is 0. The maximum atomic E-state index is 8.86. The maximum absolute atomic E-state index is 8.86. The van der Waals surface area contributed by atoms with Crippen molar-refractivity contribution < 1.29 is 0 Å². The molecule has 0 saturated heterocycles. The Morgan fingerprint density at radius 2 is 2.06 bits per heavy atom. The van der Waals surface area contributed by atoms with Crippen LogP contribution < -0.4 is 4.90 Å². The molecule has 2 aromatic heterocycles. The standard InChI is InChI=1S/C12H11N5/c1-9-15-10(8-13)7-12(16-9)17(2)11-5-3-4-6-14-11/h3-7H,1-2H3. The third kappa shape index (κ3) is 2.37. The van der Waals surface area contributed by atoms with E-state index in [0.29, 0.717) is 17.3 Å². The van der Waals surface area contributed by atoms with Gasteiger partial charge in [-0.15, -0.1) is 0 Å². The lowest BCUT2D eigenvalue weighted by Crippen LogP contribution is -2.13. The van der Waals surface area contributed by atoms with Crippen LogP contribution in [0.25, 0.3) is 0 Å². The molecule has 0 spiro atoms. The molecule has 0 unspecified atom stereocenters. The molecule has 0 aliphatic rings. The predicted octanol–water partition coefficient (Wildman–Crippen LogP) is 1.82. The monoisotopic (exact) mass is 225 g/mol. The fourth-order valence-corrected chi connectivity index (χ4v) is 1.45. The smallest absolute Gasteiger partial charge is 0.146 e. The van der Waals surface area contributed by atoms with Crippen LogP contribution in [0.4, 0.5) is 11.6 Å². The highest BCUT2D eigenvalue weighted by molar-refractivity contribution is 5.55. The maximum Gasteiger partial charge on any atom is 0.146 e. The molecule has 17 heavy (non-hydrogen) atoms. The van der Waals surface area contributed by atoms with Crippen molar-refractivity contribution in [3.8, 4) is 6.07 Å². The van der Waals surface area contributed by atoms with E-state index in [1.165, 1.54) is 0 Å². The summed E-state index contributed by atoms with van der Waals surface area (Å²) in [5, 5.41) is 8.86. The zero-order chi connectivity index (χ0) is 12.3. The minimum atomic E-state index is 0.357. The van der Waals surface area contributed by atoms with Gasteiger partial charge in [0.2, 0.25) is 0 Å². The molecule has 0 amide bonds. The van der Waals surface area contributed by atoms with E-state index in [2.05, 4.69) is 15.0 Å². The first-order valence-electron chi connectivity index (χ1n) is 5.11. The van der Waals surface area contributed by atoms with Crippen LogP contribution in [0, 0.1) is 18.3 Å². The number of anilines is 2. The molecule has 0 aromatic carbocycles. The van der Waals surface area contributed by atoms with Gasteiger partial charge >= 0.3 is 0 Å². The molecule has 0 fully saturated rings. The van der Waals surface area contributed by atoms with Gasteiger partial charge in [0.05, 0.1) is 0 Å². The van der Waals surface area contributed by atoms with Crippen molar-refractivity contribution in [2.24, 2.45) is 0 Å². The van der Waals surface area contributed by atoms with Crippen molar-refractivity contribution in [2.75, 3.05) is 11.9 Å². The Kier molecular flexibility index (Phi) is 2.97. The second-order valence-corrected chi connectivity index (χ2v) is 3.52. The normalized spacial score (nSPS) is 9.71. The second-order valence-electron chi connectivity index (χ2n) is 3.52. The Balaban J connectivity index is 2.41. The lowest BCUT2D eigenvalue weighted by Gasteiger charge is -2.17. The van der Waals surface area contributed by atoms with Gasteiger partial charge in [0.25, 0.3) is 0 Å². The van der Waals surface area contributed by atoms with E-state index in [0.717, 1.165) is 5.82 Å². The first-order valence-corrected chi connectivity index (χ1v) is 5.11. The van der Waals surface area contributed by atoms with Crippen molar-refractivity contribution in [3.05, 3.63) is 42.0 Å². The Hall–Kier alpha value is -2.48. The lowest BCUT2D eigenvalue weighted by molar-refractivity contribution is 0.988. The highest BCUT2D eigenvalue weighted by atomic mass is 15.2. The van der Waals surface area contributed by atoms with Gasteiger partial charge < -0.3 is 4.90 Å². The zero-order valence-corrected chi connectivity index (χ0v) is 9.62. The summed E-state index contributed by atoms with van der Waals surface area (Å²) in [5.41, 5.74) is 0.357. The highest BCUT2D eigenvalue weighted by Crippen LogP contribution is 2.19. The van der Waals surface area contributed by atoms with E-state index in [9.17, 15) is 0 Å². The van der Waals surface area contributed by atoms with Crippen LogP contribution >= 0.6 is 0 Å². The van der Waals surface area contributed by atoms with E-state index in [1.54, 1.807) is 19.2 Å². The van der Waals surface area contributed by atoms with Gasteiger partial charge in [0.15, 0.2) is 0 Å². The predicted molar refractivity (Wildman–Crippen MR) is 63.8 cm³/mol. The van der Waals surface area contributed by atoms with Crippen molar-refractivity contribution in [1.29, 1.82) is 5.26 Å². The van der Waals surface area contributed by atoms with Gasteiger partial charge in [0.1, 0.15) is 29.2 Å². The molecule has 0 aliphatic carbocycles. The molecular weight excluding hydrogens is 214 g/mol. The molecule has 5 heteroatoms. The van der Waals surface area contributed by atoms with E-state index in [1.807, 2.05) is 36.2 Å². The third-order valence-electron chi connectivity index (χ3n) is 2.28. The van der Waals surface area contributed by atoms with Crippen LogP contribution in [-0.4, -0.2) is 22.0 Å². The van der Waals surface area contributed by atoms with Crippen molar-refractivity contribution >= 4 is 11.6 Å². The molecule has 84 valence electrons. The molecule has 2 rings (SSSR count). The van der Waals surface area contributed by atoms with E-state index < -0.39 is 0 Å². The van der Waals surface area contributed by atoms with E-state index in [4.69, 9.17) is 5.26 Å². The zero-order valence-electron chi connectivity index (χ0n) is 9.62. The van der Waals surface area contributed by atoms with Gasteiger partial charge in [-0.05, 0) is 19.1 Å². The summed E-state index contributed by atoms with van der Waals surface area (Å²) < 4.78 is 0. The number of nitriles is 1. The van der Waals surface area contributed by atoms with Gasteiger partial charge in [0, 0.05) is 19.3 Å². The summed E-state index contributed by atoms with van der Waals surface area (Å²) in [7, 11) is 1.85. The molecule has 2 aromatic rings. The van der Waals surface area contributed by atoms with Crippen LogP contribution in [0.5, 0.6) is 0 Å². The van der Waals surface area contributed by atoms with Crippen molar-refractivity contribution in [1.82, 2.24) is 15.0 Å². The summed E-state index contributed by atoms with van der Waals surface area (Å²) in [6.45, 7) is 1.76. The van der Waals surface area contributed by atoms with Crippen molar-refractivity contribution in [2.45, 2.75) is 6.92 Å². The topological polar surface area (TPSA) is 65.7 Å². The Labute approximate surface area is 99.4 Å². The minimum absolute atomic E-state index is 0.357. The first kappa shape index (κ1) is 11.0. The number of aryl methyl sites for hydroxylation is 1. The molecule has 0 saturated carbocycles. The molecule has 5 nitrogen and oxygen atoms in total. The third-order valence-corrected chi connectivity index (χ3v) is 2.28. The molecule has 0 aliphatic heterocycles. The number of nitrogens with zero attached hydrogens (tertiary/aromatic N) is 5. The van der Waals surface area contributed by atoms with Crippen LogP contribution in [0.15, 0.2) is 30.5 Å². The average molecular weight is 225 g/mol. The number of pyridine rings is 1. The fourth-order valence-electron chi connectivity index (χ4n) is 1.45. The SMILES string of the molecule is Cc1nc(C#N)cc(N(C)c2ccccn2)n1. The summed E-state index contributed by atoms with van der Waals surface area (Å²) >= 11 is 0. The summed E-state index contributed by atoms with van der Waals surface area (Å²) in [4.78, 5) is 14.3. The van der Waals surface area contributed by atoms with Gasteiger partial charge in [-0.1, -0.05) is 6.07 Å². The quantitative estimate of drug-likeness (QED) is 0.779. The number of hydrogen-bond acceptors (Lipinski definition) is 5. The van der Waals surface area contributed by atoms with Gasteiger partial charge in [-0.2, -0.15) is 5.26 Å². The number of rotatable bonds is 2. The summed E-state index contributed by atoms with van der Waals surface area (Å²) in [6.07, 6.45) is 1.71. The fraction of sp³-hybridized carbons (Fsp3) is 0.167. The van der Waals surface area contributed by atoms with Crippen molar-refractivity contribution in [3.63, 3.8) is 0 Å². The summed E-state index contributed by atoms with van der Waals surface area (Å²) in [6, 6.07) is 9.29. The molecule has 0 bridgehead atoms.